The summed E-state index contributed by atoms with van der Waals surface area (Å²) in [7, 11) is 1.51. The number of nitrogen functional groups attached to an aromatic ring is 1. The third-order valence-electron chi connectivity index (χ3n) is 4.50. The second-order valence-corrected chi connectivity index (χ2v) is 7.48. The molecule has 2 aromatic heterocycles. The van der Waals surface area contributed by atoms with Gasteiger partial charge < -0.3 is 10.6 Å². The number of thiophene rings is 1. The largest absolute Gasteiger partial charge is 0.383 e. The summed E-state index contributed by atoms with van der Waals surface area (Å²) in [6.45, 7) is 0.204. The number of hydrogen-bond acceptors (Lipinski definition) is 5. The van der Waals surface area contributed by atoms with E-state index in [-0.39, 0.29) is 30.4 Å². The van der Waals surface area contributed by atoms with Crippen molar-refractivity contribution in [2.24, 2.45) is 0 Å². The molecule has 3 N–H and O–H groups in total. The molecule has 0 unspecified atom stereocenters. The smallest absolute Gasteiger partial charge is 0.330 e. The standard InChI is InChI=1S/C20H22N4O3S/c1-23(16(25)11-5-9-15-10-6-12-28-15)17-18(21)24(20(27)22-19(17)26)13-14-7-3-2-4-8-14/h2-4,6-8,10,12H,5,9,11,13,21H2,1H3,(H,22,26,27). The highest BCUT2D eigenvalue weighted by Gasteiger charge is 2.20. The van der Waals surface area contributed by atoms with Gasteiger partial charge in [0.25, 0.3) is 5.56 Å². The Bertz CT molecular complexity index is 1060. The van der Waals surface area contributed by atoms with Crippen LogP contribution in [0.25, 0.3) is 0 Å². The van der Waals surface area contributed by atoms with Crippen molar-refractivity contribution in [3.8, 4) is 0 Å². The van der Waals surface area contributed by atoms with Gasteiger partial charge in [-0.25, -0.2) is 4.79 Å². The number of aryl methyl sites for hydroxylation is 1. The van der Waals surface area contributed by atoms with Crippen molar-refractivity contribution in [1.82, 2.24) is 9.55 Å². The molecule has 3 aromatic rings. The van der Waals surface area contributed by atoms with Gasteiger partial charge in [0.15, 0.2) is 5.69 Å². The molecule has 146 valence electrons. The molecule has 2 heterocycles. The molecule has 0 aliphatic heterocycles. The van der Waals surface area contributed by atoms with E-state index in [4.69, 9.17) is 5.73 Å². The number of rotatable bonds is 7. The first kappa shape index (κ1) is 19.6. The number of carbonyl (C=O) groups excluding carboxylic acids is 1. The van der Waals surface area contributed by atoms with Gasteiger partial charge in [0, 0.05) is 18.3 Å². The Hall–Kier alpha value is -3.13. The predicted octanol–water partition coefficient (Wildman–Crippen LogP) is 2.21. The summed E-state index contributed by atoms with van der Waals surface area (Å²) in [6.07, 6.45) is 1.76. The van der Waals surface area contributed by atoms with E-state index >= 15 is 0 Å². The number of nitrogens with zero attached hydrogens (tertiary/aromatic N) is 2. The second kappa shape index (κ2) is 8.71. The summed E-state index contributed by atoms with van der Waals surface area (Å²) in [5.41, 5.74) is 5.72. The molecule has 3 rings (SSSR count). The van der Waals surface area contributed by atoms with Gasteiger partial charge in [-0.15, -0.1) is 11.3 Å². The van der Waals surface area contributed by atoms with Crippen LogP contribution in [-0.2, 0) is 17.8 Å². The van der Waals surface area contributed by atoms with Crippen LogP contribution in [0.3, 0.4) is 0 Å². The third kappa shape index (κ3) is 4.40. The quantitative estimate of drug-likeness (QED) is 0.637. The molecule has 0 fully saturated rings. The van der Waals surface area contributed by atoms with Crippen molar-refractivity contribution in [2.45, 2.75) is 25.8 Å². The number of H-pyrrole nitrogens is 1. The zero-order chi connectivity index (χ0) is 20.1. The number of nitrogens with one attached hydrogen (secondary N) is 1. The number of benzene rings is 1. The van der Waals surface area contributed by atoms with Crippen molar-refractivity contribution >= 4 is 28.7 Å². The number of anilines is 2. The SMILES string of the molecule is CN(C(=O)CCCc1cccs1)c1c(N)n(Cc2ccccc2)c(=O)[nH]c1=O. The Balaban J connectivity index is 1.80. The summed E-state index contributed by atoms with van der Waals surface area (Å²) in [4.78, 5) is 41.8. The molecule has 28 heavy (non-hydrogen) atoms. The minimum atomic E-state index is -0.666. The molecule has 0 aliphatic rings. The Kier molecular flexibility index (Phi) is 6.10. The van der Waals surface area contributed by atoms with Crippen LogP contribution >= 0.6 is 11.3 Å². The highest BCUT2D eigenvalue weighted by molar-refractivity contribution is 7.09. The second-order valence-electron chi connectivity index (χ2n) is 6.45. The lowest BCUT2D eigenvalue weighted by atomic mass is 10.2. The van der Waals surface area contributed by atoms with Crippen LogP contribution in [0.4, 0.5) is 11.5 Å². The molecular formula is C20H22N4O3S. The topological polar surface area (TPSA) is 101 Å². The summed E-state index contributed by atoms with van der Waals surface area (Å²) in [6, 6.07) is 13.3. The fourth-order valence-corrected chi connectivity index (χ4v) is 3.74. The maximum absolute atomic E-state index is 12.6. The van der Waals surface area contributed by atoms with E-state index in [2.05, 4.69) is 4.98 Å². The number of aromatic nitrogens is 2. The van der Waals surface area contributed by atoms with E-state index in [1.165, 1.54) is 21.4 Å². The summed E-state index contributed by atoms with van der Waals surface area (Å²) in [5, 5.41) is 2.00. The molecule has 1 amide bonds. The van der Waals surface area contributed by atoms with Crippen LogP contribution in [0.1, 0.15) is 23.3 Å². The Labute approximate surface area is 166 Å². The zero-order valence-electron chi connectivity index (χ0n) is 15.6. The number of aromatic amines is 1. The normalized spacial score (nSPS) is 10.8. The van der Waals surface area contributed by atoms with Crippen LogP contribution in [-0.4, -0.2) is 22.5 Å². The monoisotopic (exact) mass is 398 g/mol. The number of amides is 1. The van der Waals surface area contributed by atoms with Crippen molar-refractivity contribution < 1.29 is 4.79 Å². The molecule has 0 bridgehead atoms. The lowest BCUT2D eigenvalue weighted by molar-refractivity contribution is -0.118. The summed E-state index contributed by atoms with van der Waals surface area (Å²) < 4.78 is 1.27. The molecule has 0 aliphatic carbocycles. The van der Waals surface area contributed by atoms with Crippen LogP contribution in [0, 0.1) is 0 Å². The predicted molar refractivity (Wildman–Crippen MR) is 112 cm³/mol. The Morgan fingerprint density at radius 2 is 1.93 bits per heavy atom. The third-order valence-corrected chi connectivity index (χ3v) is 5.44. The summed E-state index contributed by atoms with van der Waals surface area (Å²) >= 11 is 1.65. The van der Waals surface area contributed by atoms with Crippen molar-refractivity contribution in [1.29, 1.82) is 0 Å². The van der Waals surface area contributed by atoms with Gasteiger partial charge in [0.2, 0.25) is 5.91 Å². The molecule has 1 aromatic carbocycles. The number of carbonyl (C=O) groups is 1. The van der Waals surface area contributed by atoms with E-state index in [0.29, 0.717) is 6.42 Å². The van der Waals surface area contributed by atoms with Crippen molar-refractivity contribution in [2.75, 3.05) is 17.7 Å². The molecule has 0 spiro atoms. The highest BCUT2D eigenvalue weighted by Crippen LogP contribution is 2.18. The number of hydrogen-bond donors (Lipinski definition) is 2. The average molecular weight is 398 g/mol. The van der Waals surface area contributed by atoms with Crippen LogP contribution < -0.4 is 21.9 Å². The first-order chi connectivity index (χ1) is 13.5. The van der Waals surface area contributed by atoms with Gasteiger partial charge in [-0.05, 0) is 29.9 Å². The van der Waals surface area contributed by atoms with E-state index < -0.39 is 11.2 Å². The van der Waals surface area contributed by atoms with E-state index in [1.54, 1.807) is 11.3 Å². The molecule has 7 nitrogen and oxygen atoms in total. The Morgan fingerprint density at radius 1 is 1.18 bits per heavy atom. The van der Waals surface area contributed by atoms with Gasteiger partial charge in [-0.1, -0.05) is 36.4 Å². The van der Waals surface area contributed by atoms with E-state index in [1.807, 2.05) is 47.8 Å². The van der Waals surface area contributed by atoms with Crippen molar-refractivity contribution in [3.63, 3.8) is 0 Å². The van der Waals surface area contributed by atoms with Gasteiger partial charge in [-0.2, -0.15) is 0 Å². The minimum Gasteiger partial charge on any atom is -0.383 e. The zero-order valence-corrected chi connectivity index (χ0v) is 16.4. The van der Waals surface area contributed by atoms with Crippen molar-refractivity contribution in [3.05, 3.63) is 79.1 Å². The molecular weight excluding hydrogens is 376 g/mol. The maximum atomic E-state index is 12.6. The first-order valence-electron chi connectivity index (χ1n) is 8.93. The highest BCUT2D eigenvalue weighted by atomic mass is 32.1. The van der Waals surface area contributed by atoms with E-state index in [9.17, 15) is 14.4 Å². The first-order valence-corrected chi connectivity index (χ1v) is 9.81. The van der Waals surface area contributed by atoms with Gasteiger partial charge in [0.05, 0.1) is 6.54 Å². The van der Waals surface area contributed by atoms with E-state index in [0.717, 1.165) is 12.0 Å². The Morgan fingerprint density at radius 3 is 2.61 bits per heavy atom. The number of nitrogens with two attached hydrogens (primary N) is 1. The lowest BCUT2D eigenvalue weighted by Gasteiger charge is -2.20. The molecule has 0 radical (unpaired) electrons. The fourth-order valence-electron chi connectivity index (χ4n) is 2.99. The molecule has 0 atom stereocenters. The molecule has 0 saturated carbocycles. The van der Waals surface area contributed by atoms with Gasteiger partial charge >= 0.3 is 5.69 Å². The van der Waals surface area contributed by atoms with Crippen LogP contribution in [0.15, 0.2) is 57.4 Å². The fraction of sp³-hybridized carbons (Fsp3) is 0.250. The van der Waals surface area contributed by atoms with Crippen LogP contribution in [0.2, 0.25) is 0 Å². The average Bonchev–Trinajstić information content (AvgIpc) is 3.19. The van der Waals surface area contributed by atoms with Crippen LogP contribution in [0.5, 0.6) is 0 Å². The summed E-state index contributed by atoms with van der Waals surface area (Å²) in [5.74, 6) is -0.245. The maximum Gasteiger partial charge on any atom is 0.330 e. The lowest BCUT2D eigenvalue weighted by Crippen LogP contribution is -2.39. The van der Waals surface area contributed by atoms with Gasteiger partial charge in [-0.3, -0.25) is 19.1 Å². The van der Waals surface area contributed by atoms with Gasteiger partial charge in [0.1, 0.15) is 5.82 Å². The minimum absolute atomic E-state index is 0.00310. The molecule has 8 heteroatoms. The molecule has 0 saturated heterocycles.